The molecule has 0 radical (unpaired) electrons. The van der Waals surface area contributed by atoms with E-state index in [9.17, 15) is 0 Å². The maximum Gasteiger partial charge on any atom is 0.488 e. The Bertz CT molecular complexity index is 560. The summed E-state index contributed by atoms with van der Waals surface area (Å²) >= 11 is 3.38. The molecular formula is C15H16BBrO4. The molecule has 0 unspecified atom stereocenters. The second kappa shape index (κ2) is 8.19. The minimum absolute atomic E-state index is 0.404. The maximum absolute atomic E-state index is 9.08. The Morgan fingerprint density at radius 2 is 1.76 bits per heavy atom. The maximum atomic E-state index is 9.08. The average Bonchev–Trinajstić information content (AvgIpc) is 2.49. The van der Waals surface area contributed by atoms with E-state index in [2.05, 4.69) is 15.9 Å². The van der Waals surface area contributed by atoms with Crippen molar-refractivity contribution in [1.82, 2.24) is 0 Å². The zero-order valence-corrected chi connectivity index (χ0v) is 13.0. The second-order valence-corrected chi connectivity index (χ2v) is 5.39. The van der Waals surface area contributed by atoms with Gasteiger partial charge in [-0.25, -0.2) is 0 Å². The van der Waals surface area contributed by atoms with Crippen molar-refractivity contribution in [3.8, 4) is 5.75 Å². The molecule has 0 aromatic heterocycles. The van der Waals surface area contributed by atoms with Crippen LogP contribution in [0.2, 0.25) is 0 Å². The summed E-state index contributed by atoms with van der Waals surface area (Å²) in [5.74, 6) is 0.591. The average molecular weight is 351 g/mol. The minimum atomic E-state index is -1.48. The molecule has 2 rings (SSSR count). The van der Waals surface area contributed by atoms with Gasteiger partial charge in [0.05, 0.1) is 13.2 Å². The van der Waals surface area contributed by atoms with Gasteiger partial charge in [0.2, 0.25) is 0 Å². The van der Waals surface area contributed by atoms with E-state index in [1.165, 1.54) is 0 Å². The summed E-state index contributed by atoms with van der Waals surface area (Å²) in [7, 11) is -1.48. The Kier molecular flexibility index (Phi) is 6.26. The van der Waals surface area contributed by atoms with Crippen LogP contribution in [0.25, 0.3) is 0 Å². The molecule has 6 heteroatoms. The fourth-order valence-corrected chi connectivity index (χ4v) is 2.02. The lowest BCUT2D eigenvalue weighted by molar-refractivity contribution is 0.0889. The normalized spacial score (nSPS) is 10.4. The summed E-state index contributed by atoms with van der Waals surface area (Å²) in [6, 6.07) is 14.6. The van der Waals surface area contributed by atoms with Crippen molar-refractivity contribution in [3.05, 3.63) is 58.6 Å². The second-order valence-electron chi connectivity index (χ2n) is 4.47. The lowest BCUT2D eigenvalue weighted by Gasteiger charge is -2.08. The molecule has 0 amide bonds. The summed E-state index contributed by atoms with van der Waals surface area (Å²) in [4.78, 5) is 0. The third-order valence-electron chi connectivity index (χ3n) is 2.83. The number of hydrogen-bond acceptors (Lipinski definition) is 4. The predicted octanol–water partition coefficient (Wildman–Crippen LogP) is 1.72. The molecule has 0 aliphatic heterocycles. The van der Waals surface area contributed by atoms with Crippen molar-refractivity contribution in [3.63, 3.8) is 0 Å². The first-order valence-corrected chi connectivity index (χ1v) is 7.35. The molecule has 0 saturated carbocycles. The van der Waals surface area contributed by atoms with Gasteiger partial charge in [-0.1, -0.05) is 40.2 Å². The first-order chi connectivity index (χ1) is 10.1. The Labute approximate surface area is 132 Å². The van der Waals surface area contributed by atoms with Crippen molar-refractivity contribution in [2.45, 2.75) is 6.61 Å². The minimum Gasteiger partial charge on any atom is -0.491 e. The fraction of sp³-hybridized carbons (Fsp3) is 0.200. The van der Waals surface area contributed by atoms with E-state index < -0.39 is 7.12 Å². The Morgan fingerprint density at radius 3 is 2.48 bits per heavy atom. The highest BCUT2D eigenvalue weighted by atomic mass is 79.9. The first kappa shape index (κ1) is 16.0. The van der Waals surface area contributed by atoms with Gasteiger partial charge in [-0.15, -0.1) is 0 Å². The Morgan fingerprint density at radius 1 is 1.00 bits per heavy atom. The van der Waals surface area contributed by atoms with E-state index in [4.69, 9.17) is 19.5 Å². The highest BCUT2D eigenvalue weighted by molar-refractivity contribution is 9.10. The SMILES string of the molecule is OB(O)c1cccc(OCCOCc2ccc(Br)cc2)c1. The van der Waals surface area contributed by atoms with E-state index in [1.54, 1.807) is 24.3 Å². The summed E-state index contributed by atoms with van der Waals surface area (Å²) in [6.07, 6.45) is 0. The standard InChI is InChI=1S/C15H16BBrO4/c17-14-6-4-12(5-7-14)11-20-8-9-21-15-3-1-2-13(10-15)16(18)19/h1-7,10,18-19H,8-9,11H2. The van der Waals surface area contributed by atoms with Crippen LogP contribution < -0.4 is 10.2 Å². The van der Waals surface area contributed by atoms with Gasteiger partial charge in [-0.05, 0) is 35.3 Å². The van der Waals surface area contributed by atoms with Crippen LogP contribution in [-0.2, 0) is 11.3 Å². The van der Waals surface area contributed by atoms with Gasteiger partial charge in [0, 0.05) is 4.47 Å². The molecule has 0 spiro atoms. The van der Waals surface area contributed by atoms with Gasteiger partial charge in [0.25, 0.3) is 0 Å². The highest BCUT2D eigenvalue weighted by Gasteiger charge is 2.10. The lowest BCUT2D eigenvalue weighted by Crippen LogP contribution is -2.29. The van der Waals surface area contributed by atoms with Crippen molar-refractivity contribution >= 4 is 28.5 Å². The monoisotopic (exact) mass is 350 g/mol. The van der Waals surface area contributed by atoms with Crippen LogP contribution >= 0.6 is 15.9 Å². The van der Waals surface area contributed by atoms with E-state index in [1.807, 2.05) is 24.3 Å². The Balaban J connectivity index is 1.70. The van der Waals surface area contributed by atoms with E-state index in [-0.39, 0.29) is 0 Å². The predicted molar refractivity (Wildman–Crippen MR) is 85.6 cm³/mol. The topological polar surface area (TPSA) is 58.9 Å². The van der Waals surface area contributed by atoms with E-state index >= 15 is 0 Å². The molecule has 2 aromatic carbocycles. The van der Waals surface area contributed by atoms with Gasteiger partial charge in [-0.2, -0.15) is 0 Å². The van der Waals surface area contributed by atoms with Crippen LogP contribution in [0.4, 0.5) is 0 Å². The molecule has 0 bridgehead atoms. The summed E-state index contributed by atoms with van der Waals surface area (Å²) in [6.45, 7) is 1.40. The molecule has 0 fully saturated rings. The number of hydrogen-bond donors (Lipinski definition) is 2. The number of ether oxygens (including phenoxy) is 2. The van der Waals surface area contributed by atoms with E-state index in [0.29, 0.717) is 31.0 Å². The molecule has 0 aliphatic rings. The largest absolute Gasteiger partial charge is 0.491 e. The summed E-state index contributed by atoms with van der Waals surface area (Å²) in [5.41, 5.74) is 1.51. The van der Waals surface area contributed by atoms with Gasteiger partial charge in [0.15, 0.2) is 0 Å². The lowest BCUT2D eigenvalue weighted by atomic mass is 9.80. The van der Waals surface area contributed by atoms with Crippen LogP contribution in [0.15, 0.2) is 53.0 Å². The smallest absolute Gasteiger partial charge is 0.488 e. The van der Waals surface area contributed by atoms with Crippen LogP contribution in [-0.4, -0.2) is 30.4 Å². The molecule has 4 nitrogen and oxygen atoms in total. The van der Waals surface area contributed by atoms with Crippen LogP contribution in [0.1, 0.15) is 5.56 Å². The summed E-state index contributed by atoms with van der Waals surface area (Å²) < 4.78 is 12.1. The van der Waals surface area contributed by atoms with Gasteiger partial charge in [-0.3, -0.25) is 0 Å². The Hall–Kier alpha value is -1.34. The molecule has 2 N–H and O–H groups in total. The molecule has 110 valence electrons. The van der Waals surface area contributed by atoms with Crippen LogP contribution in [0.5, 0.6) is 5.75 Å². The van der Waals surface area contributed by atoms with Crippen molar-refractivity contribution in [2.24, 2.45) is 0 Å². The van der Waals surface area contributed by atoms with Crippen LogP contribution in [0.3, 0.4) is 0 Å². The number of rotatable bonds is 7. The summed E-state index contributed by atoms with van der Waals surface area (Å²) in [5, 5.41) is 18.2. The van der Waals surface area contributed by atoms with Crippen molar-refractivity contribution in [1.29, 1.82) is 0 Å². The zero-order chi connectivity index (χ0) is 15.1. The van der Waals surface area contributed by atoms with E-state index in [0.717, 1.165) is 10.0 Å². The third kappa shape index (κ3) is 5.51. The molecule has 21 heavy (non-hydrogen) atoms. The van der Waals surface area contributed by atoms with Gasteiger partial charge in [0.1, 0.15) is 12.4 Å². The molecule has 0 heterocycles. The quantitative estimate of drug-likeness (QED) is 0.589. The van der Waals surface area contributed by atoms with Crippen molar-refractivity contribution in [2.75, 3.05) is 13.2 Å². The zero-order valence-electron chi connectivity index (χ0n) is 11.4. The third-order valence-corrected chi connectivity index (χ3v) is 3.36. The fourth-order valence-electron chi connectivity index (χ4n) is 1.75. The molecule has 0 atom stereocenters. The first-order valence-electron chi connectivity index (χ1n) is 6.56. The van der Waals surface area contributed by atoms with Crippen molar-refractivity contribution < 1.29 is 19.5 Å². The molecular weight excluding hydrogens is 335 g/mol. The van der Waals surface area contributed by atoms with Gasteiger partial charge < -0.3 is 19.5 Å². The number of benzene rings is 2. The highest BCUT2D eigenvalue weighted by Crippen LogP contribution is 2.11. The molecule has 2 aromatic rings. The van der Waals surface area contributed by atoms with Gasteiger partial charge >= 0.3 is 7.12 Å². The van der Waals surface area contributed by atoms with Crippen LogP contribution in [0, 0.1) is 0 Å². The molecule has 0 aliphatic carbocycles. The number of halogens is 1. The molecule has 0 saturated heterocycles.